The summed E-state index contributed by atoms with van der Waals surface area (Å²) in [5, 5.41) is 0. The van der Waals surface area contributed by atoms with E-state index in [4.69, 9.17) is 15.2 Å². The molecule has 19 heavy (non-hydrogen) atoms. The van der Waals surface area contributed by atoms with Gasteiger partial charge in [0.1, 0.15) is 12.4 Å². The zero-order chi connectivity index (χ0) is 14.1. The summed E-state index contributed by atoms with van der Waals surface area (Å²) in [5.74, 6) is 0.889. The van der Waals surface area contributed by atoms with Crippen LogP contribution in [-0.2, 0) is 11.2 Å². The molecule has 108 valence electrons. The number of hydrogen-bond donors (Lipinski definition) is 1. The quantitative estimate of drug-likeness (QED) is 0.735. The maximum atomic E-state index is 5.62. The molecule has 0 amide bonds. The molecule has 1 rings (SSSR count). The Bertz CT molecular complexity index is 341. The fourth-order valence-corrected chi connectivity index (χ4v) is 1.62. The van der Waals surface area contributed by atoms with Crippen molar-refractivity contribution in [2.45, 2.75) is 33.6 Å². The number of benzene rings is 1. The Morgan fingerprint density at radius 2 is 1.68 bits per heavy atom. The summed E-state index contributed by atoms with van der Waals surface area (Å²) < 4.78 is 11.2. The third-order valence-electron chi connectivity index (χ3n) is 2.85. The Hall–Kier alpha value is -1.06. The van der Waals surface area contributed by atoms with Gasteiger partial charge in [-0.2, -0.15) is 0 Å². The first-order valence-electron chi connectivity index (χ1n) is 7.01. The molecule has 0 bridgehead atoms. The SMILES string of the molecule is CC(C)(C)CCOCCOc1ccc(CCN)cc1. The zero-order valence-electron chi connectivity index (χ0n) is 12.4. The van der Waals surface area contributed by atoms with Gasteiger partial charge in [-0.05, 0) is 42.5 Å². The van der Waals surface area contributed by atoms with E-state index in [0.717, 1.165) is 25.2 Å². The van der Waals surface area contributed by atoms with Gasteiger partial charge >= 0.3 is 0 Å². The third kappa shape index (κ3) is 7.85. The topological polar surface area (TPSA) is 44.5 Å². The van der Waals surface area contributed by atoms with Crippen molar-refractivity contribution in [1.29, 1.82) is 0 Å². The van der Waals surface area contributed by atoms with Crippen molar-refractivity contribution in [3.05, 3.63) is 29.8 Å². The lowest BCUT2D eigenvalue weighted by Gasteiger charge is -2.17. The molecule has 0 aliphatic heterocycles. The van der Waals surface area contributed by atoms with Gasteiger partial charge in [0.15, 0.2) is 0 Å². The molecular weight excluding hydrogens is 238 g/mol. The Morgan fingerprint density at radius 1 is 1.00 bits per heavy atom. The largest absolute Gasteiger partial charge is 0.491 e. The van der Waals surface area contributed by atoms with Gasteiger partial charge in [-0.1, -0.05) is 32.9 Å². The molecule has 0 aliphatic rings. The second kappa shape index (κ2) is 8.18. The highest BCUT2D eigenvalue weighted by molar-refractivity contribution is 5.27. The summed E-state index contributed by atoms with van der Waals surface area (Å²) in [6.07, 6.45) is 1.98. The normalized spacial score (nSPS) is 11.6. The van der Waals surface area contributed by atoms with Crippen molar-refractivity contribution < 1.29 is 9.47 Å². The van der Waals surface area contributed by atoms with Crippen LogP contribution < -0.4 is 10.5 Å². The highest BCUT2D eigenvalue weighted by atomic mass is 16.5. The molecule has 2 N–H and O–H groups in total. The van der Waals surface area contributed by atoms with Crippen LogP contribution in [0.25, 0.3) is 0 Å². The van der Waals surface area contributed by atoms with E-state index in [2.05, 4.69) is 32.9 Å². The molecule has 0 atom stereocenters. The van der Waals surface area contributed by atoms with Crippen LogP contribution in [0, 0.1) is 5.41 Å². The highest BCUT2D eigenvalue weighted by Gasteiger charge is 2.08. The maximum Gasteiger partial charge on any atom is 0.119 e. The van der Waals surface area contributed by atoms with Crippen LogP contribution in [0.1, 0.15) is 32.8 Å². The number of hydrogen-bond acceptors (Lipinski definition) is 3. The predicted octanol–water partition coefficient (Wildman–Crippen LogP) is 3.02. The average Bonchev–Trinajstić information content (AvgIpc) is 2.35. The number of rotatable bonds is 8. The minimum Gasteiger partial charge on any atom is -0.491 e. The molecule has 0 saturated carbocycles. The molecule has 3 heteroatoms. The van der Waals surface area contributed by atoms with Gasteiger partial charge in [0.25, 0.3) is 0 Å². The third-order valence-corrected chi connectivity index (χ3v) is 2.85. The Balaban J connectivity index is 2.12. The van der Waals surface area contributed by atoms with Crippen LogP contribution in [0.4, 0.5) is 0 Å². The van der Waals surface area contributed by atoms with Gasteiger partial charge in [0, 0.05) is 6.61 Å². The van der Waals surface area contributed by atoms with Gasteiger partial charge < -0.3 is 15.2 Å². The minimum absolute atomic E-state index is 0.333. The van der Waals surface area contributed by atoms with Gasteiger partial charge in [0.05, 0.1) is 6.61 Å². The summed E-state index contributed by atoms with van der Waals surface area (Å²) in [6.45, 7) is 9.37. The molecule has 0 saturated heterocycles. The Morgan fingerprint density at radius 3 is 2.26 bits per heavy atom. The van der Waals surface area contributed by atoms with E-state index in [0.29, 0.717) is 25.2 Å². The first kappa shape index (κ1) is 16.0. The fraction of sp³-hybridized carbons (Fsp3) is 0.625. The molecular formula is C16H27NO2. The van der Waals surface area contributed by atoms with Crippen molar-refractivity contribution in [1.82, 2.24) is 0 Å². The summed E-state index contributed by atoms with van der Waals surface area (Å²) in [4.78, 5) is 0. The summed E-state index contributed by atoms with van der Waals surface area (Å²) >= 11 is 0. The lowest BCUT2D eigenvalue weighted by atomic mass is 9.93. The Kier molecular flexibility index (Phi) is 6.89. The van der Waals surface area contributed by atoms with E-state index < -0.39 is 0 Å². The molecule has 0 unspecified atom stereocenters. The molecule has 0 aromatic heterocycles. The summed E-state index contributed by atoms with van der Waals surface area (Å²) in [7, 11) is 0. The van der Waals surface area contributed by atoms with Crippen molar-refractivity contribution in [3.63, 3.8) is 0 Å². The van der Waals surface area contributed by atoms with E-state index in [-0.39, 0.29) is 0 Å². The highest BCUT2D eigenvalue weighted by Crippen LogP contribution is 2.17. The smallest absolute Gasteiger partial charge is 0.119 e. The van der Waals surface area contributed by atoms with Crippen LogP contribution in [0.15, 0.2) is 24.3 Å². The molecule has 0 heterocycles. The van der Waals surface area contributed by atoms with Crippen LogP contribution in [0.5, 0.6) is 5.75 Å². The van der Waals surface area contributed by atoms with Gasteiger partial charge in [-0.25, -0.2) is 0 Å². The van der Waals surface area contributed by atoms with Crippen molar-refractivity contribution in [2.24, 2.45) is 11.1 Å². The van der Waals surface area contributed by atoms with Crippen LogP contribution in [0.2, 0.25) is 0 Å². The predicted molar refractivity (Wildman–Crippen MR) is 79.6 cm³/mol. The van der Waals surface area contributed by atoms with Crippen LogP contribution >= 0.6 is 0 Å². The van der Waals surface area contributed by atoms with Gasteiger partial charge in [-0.3, -0.25) is 0 Å². The van der Waals surface area contributed by atoms with Crippen LogP contribution in [-0.4, -0.2) is 26.4 Å². The van der Waals surface area contributed by atoms with Gasteiger partial charge in [-0.15, -0.1) is 0 Å². The second-order valence-corrected chi connectivity index (χ2v) is 5.95. The van der Waals surface area contributed by atoms with E-state index in [1.807, 2.05) is 12.1 Å². The molecule has 1 aromatic rings. The van der Waals surface area contributed by atoms with Crippen LogP contribution in [0.3, 0.4) is 0 Å². The minimum atomic E-state index is 0.333. The average molecular weight is 265 g/mol. The standard InChI is InChI=1S/C16H27NO2/c1-16(2,3)9-11-18-12-13-19-15-6-4-14(5-7-15)8-10-17/h4-7H,8-13,17H2,1-3H3. The van der Waals surface area contributed by atoms with Crippen molar-refractivity contribution >= 4 is 0 Å². The van der Waals surface area contributed by atoms with E-state index in [9.17, 15) is 0 Å². The summed E-state index contributed by atoms with van der Waals surface area (Å²) in [5.41, 5.74) is 7.09. The van der Waals surface area contributed by atoms with Crippen molar-refractivity contribution in [2.75, 3.05) is 26.4 Å². The number of ether oxygens (including phenoxy) is 2. The zero-order valence-corrected chi connectivity index (χ0v) is 12.4. The van der Waals surface area contributed by atoms with E-state index >= 15 is 0 Å². The molecule has 0 fully saturated rings. The molecule has 3 nitrogen and oxygen atoms in total. The van der Waals surface area contributed by atoms with Gasteiger partial charge in [0.2, 0.25) is 0 Å². The molecule has 0 radical (unpaired) electrons. The monoisotopic (exact) mass is 265 g/mol. The molecule has 1 aromatic carbocycles. The first-order valence-corrected chi connectivity index (χ1v) is 7.01. The lowest BCUT2D eigenvalue weighted by Crippen LogP contribution is -2.13. The summed E-state index contributed by atoms with van der Waals surface area (Å²) in [6, 6.07) is 8.09. The number of nitrogens with two attached hydrogens (primary N) is 1. The second-order valence-electron chi connectivity index (χ2n) is 5.95. The fourth-order valence-electron chi connectivity index (χ4n) is 1.62. The van der Waals surface area contributed by atoms with E-state index in [1.54, 1.807) is 0 Å². The van der Waals surface area contributed by atoms with E-state index in [1.165, 1.54) is 5.56 Å². The van der Waals surface area contributed by atoms with Crippen molar-refractivity contribution in [3.8, 4) is 5.75 Å². The Labute approximate surface area is 117 Å². The maximum absolute atomic E-state index is 5.62. The molecule has 0 aliphatic carbocycles. The molecule has 0 spiro atoms. The lowest BCUT2D eigenvalue weighted by molar-refractivity contribution is 0.0818. The first-order chi connectivity index (χ1) is 9.01.